The summed E-state index contributed by atoms with van der Waals surface area (Å²) in [6, 6.07) is 61.0. The van der Waals surface area contributed by atoms with E-state index in [4.69, 9.17) is 0 Å². The van der Waals surface area contributed by atoms with Crippen molar-refractivity contribution >= 4 is 44.3 Å². The summed E-state index contributed by atoms with van der Waals surface area (Å²) in [5.41, 5.74) is 6.08. The second kappa shape index (κ2) is 10.9. The van der Waals surface area contributed by atoms with Gasteiger partial charge in [-0.15, -0.1) is 0 Å². The highest BCUT2D eigenvalue weighted by atomic mass is 15.4. The molecular formula is C42H31N2. The van der Waals surface area contributed by atoms with E-state index in [1.165, 1.54) is 32.7 Å². The van der Waals surface area contributed by atoms with Gasteiger partial charge in [0.05, 0.1) is 0 Å². The predicted octanol–water partition coefficient (Wildman–Crippen LogP) is 10.9. The first-order valence-electron chi connectivity index (χ1n) is 15.1. The van der Waals surface area contributed by atoms with Gasteiger partial charge in [-0.3, -0.25) is 0 Å². The molecular weight excluding hydrogens is 532 g/mol. The van der Waals surface area contributed by atoms with E-state index in [1.807, 2.05) is 0 Å². The van der Waals surface area contributed by atoms with Crippen LogP contribution in [0.25, 0.3) is 21.5 Å². The second-order valence-corrected chi connectivity index (χ2v) is 11.2. The quantitative estimate of drug-likeness (QED) is 0.147. The van der Waals surface area contributed by atoms with Gasteiger partial charge in [-0.05, 0) is 93.8 Å². The summed E-state index contributed by atoms with van der Waals surface area (Å²) in [6.07, 6.45) is 6.89. The molecule has 7 aromatic carbocycles. The van der Waals surface area contributed by atoms with Crippen LogP contribution >= 0.6 is 0 Å². The van der Waals surface area contributed by atoms with Gasteiger partial charge in [-0.2, -0.15) is 0 Å². The van der Waals surface area contributed by atoms with Crippen LogP contribution in [0, 0.1) is 6.42 Å². The molecule has 2 heteroatoms. The van der Waals surface area contributed by atoms with Gasteiger partial charge in [-0.1, -0.05) is 115 Å². The Morgan fingerprint density at radius 3 is 1.30 bits per heavy atom. The maximum Gasteiger partial charge on any atom is 0.168 e. The summed E-state index contributed by atoms with van der Waals surface area (Å²) >= 11 is 0. The fraction of sp³-hybridized carbons (Fsp3) is 0.0238. The zero-order chi connectivity index (χ0) is 29.3. The van der Waals surface area contributed by atoms with E-state index in [0.29, 0.717) is 0 Å². The smallest absolute Gasteiger partial charge is 0.168 e. The Hall–Kier alpha value is -5.60. The molecule has 0 aliphatic heterocycles. The van der Waals surface area contributed by atoms with Crippen LogP contribution in [0.5, 0.6) is 0 Å². The Morgan fingerprint density at radius 2 is 0.818 bits per heavy atom. The number of hydrogen-bond acceptors (Lipinski definition) is 2. The first kappa shape index (κ1) is 26.1. The highest BCUT2D eigenvalue weighted by Crippen LogP contribution is 2.52. The van der Waals surface area contributed by atoms with Crippen molar-refractivity contribution in [1.29, 1.82) is 0 Å². The molecule has 0 heterocycles. The zero-order valence-corrected chi connectivity index (χ0v) is 24.3. The number of nitrogens with zero attached hydrogens (tertiary/aromatic N) is 2. The van der Waals surface area contributed by atoms with Crippen molar-refractivity contribution in [3.63, 3.8) is 0 Å². The molecule has 209 valence electrons. The van der Waals surface area contributed by atoms with E-state index in [-0.39, 0.29) is 0 Å². The molecule has 7 aromatic rings. The normalized spacial score (nSPS) is 13.5. The molecule has 0 bridgehead atoms. The van der Waals surface area contributed by atoms with Crippen LogP contribution in [0.2, 0.25) is 0 Å². The largest absolute Gasteiger partial charge is 0.310 e. The average Bonchev–Trinajstić information content (AvgIpc) is 3.09. The second-order valence-electron chi connectivity index (χ2n) is 11.2. The lowest BCUT2D eigenvalue weighted by molar-refractivity contribution is 0.546. The van der Waals surface area contributed by atoms with E-state index in [2.05, 4.69) is 198 Å². The van der Waals surface area contributed by atoms with Crippen molar-refractivity contribution in [3.8, 4) is 0 Å². The molecule has 0 N–H and O–H groups in total. The lowest BCUT2D eigenvalue weighted by Gasteiger charge is -2.53. The fourth-order valence-corrected chi connectivity index (χ4v) is 6.79. The van der Waals surface area contributed by atoms with E-state index in [9.17, 15) is 0 Å². The predicted molar refractivity (Wildman–Crippen MR) is 186 cm³/mol. The van der Waals surface area contributed by atoms with E-state index < -0.39 is 5.66 Å². The molecule has 1 radical (unpaired) electrons. The van der Waals surface area contributed by atoms with Crippen LogP contribution in [0.3, 0.4) is 0 Å². The Bertz CT molecular complexity index is 1920. The Balaban J connectivity index is 1.52. The molecule has 1 aliphatic carbocycles. The van der Waals surface area contributed by atoms with Crippen molar-refractivity contribution in [2.75, 3.05) is 9.80 Å². The van der Waals surface area contributed by atoms with Gasteiger partial charge in [0, 0.05) is 34.7 Å². The third-order valence-corrected chi connectivity index (χ3v) is 8.66. The number of hydrogen-bond donors (Lipinski definition) is 0. The number of para-hydroxylation sites is 4. The molecule has 0 spiro atoms. The van der Waals surface area contributed by atoms with Gasteiger partial charge in [0.1, 0.15) is 0 Å². The summed E-state index contributed by atoms with van der Waals surface area (Å²) < 4.78 is 0. The van der Waals surface area contributed by atoms with Gasteiger partial charge >= 0.3 is 0 Å². The molecule has 1 aliphatic rings. The first-order chi connectivity index (χ1) is 21.8. The minimum absolute atomic E-state index is 0.769. The summed E-state index contributed by atoms with van der Waals surface area (Å²) in [5.74, 6) is 0. The molecule has 0 fully saturated rings. The van der Waals surface area contributed by atoms with E-state index in [0.717, 1.165) is 22.7 Å². The Labute approximate surface area is 258 Å². The zero-order valence-electron chi connectivity index (χ0n) is 24.3. The summed E-state index contributed by atoms with van der Waals surface area (Å²) in [6.45, 7) is 0. The van der Waals surface area contributed by atoms with Crippen molar-refractivity contribution in [1.82, 2.24) is 0 Å². The van der Waals surface area contributed by atoms with E-state index in [1.54, 1.807) is 0 Å². The molecule has 8 rings (SSSR count). The van der Waals surface area contributed by atoms with Crippen LogP contribution in [-0.4, -0.2) is 0 Å². The van der Waals surface area contributed by atoms with Crippen molar-refractivity contribution in [2.24, 2.45) is 0 Å². The SMILES string of the molecule is [CH]1C=CC(N(c2ccccc2)c2ccccc2)(N(c2ccccc2)c2ccccc2)c2ccc3cc4ccccc4cc3c21. The molecule has 44 heavy (non-hydrogen) atoms. The van der Waals surface area contributed by atoms with Crippen LogP contribution in [0.15, 0.2) is 182 Å². The fourth-order valence-electron chi connectivity index (χ4n) is 6.79. The average molecular weight is 564 g/mol. The van der Waals surface area contributed by atoms with Crippen molar-refractivity contribution in [2.45, 2.75) is 5.66 Å². The molecule has 0 saturated carbocycles. The minimum atomic E-state index is -0.769. The Kier molecular flexibility index (Phi) is 6.46. The van der Waals surface area contributed by atoms with Gasteiger partial charge in [0.15, 0.2) is 5.66 Å². The van der Waals surface area contributed by atoms with Crippen LogP contribution in [0.4, 0.5) is 22.7 Å². The number of allylic oxidation sites excluding steroid dienone is 1. The topological polar surface area (TPSA) is 6.48 Å². The van der Waals surface area contributed by atoms with Crippen molar-refractivity contribution in [3.05, 3.63) is 200 Å². The van der Waals surface area contributed by atoms with Crippen LogP contribution in [-0.2, 0) is 5.66 Å². The third-order valence-electron chi connectivity index (χ3n) is 8.66. The number of rotatable bonds is 6. The number of anilines is 4. The molecule has 0 aromatic heterocycles. The number of benzene rings is 7. The summed E-state index contributed by atoms with van der Waals surface area (Å²) in [7, 11) is 0. The Morgan fingerprint density at radius 1 is 0.386 bits per heavy atom. The highest BCUT2D eigenvalue weighted by Gasteiger charge is 2.47. The molecule has 2 nitrogen and oxygen atoms in total. The number of fused-ring (bicyclic) bond motifs is 4. The monoisotopic (exact) mass is 563 g/mol. The summed E-state index contributed by atoms with van der Waals surface area (Å²) in [5, 5.41) is 4.98. The maximum atomic E-state index is 2.49. The maximum absolute atomic E-state index is 2.49. The minimum Gasteiger partial charge on any atom is -0.310 e. The van der Waals surface area contributed by atoms with Gasteiger partial charge in [0.25, 0.3) is 0 Å². The van der Waals surface area contributed by atoms with Crippen molar-refractivity contribution < 1.29 is 0 Å². The van der Waals surface area contributed by atoms with E-state index >= 15 is 0 Å². The molecule has 0 saturated heterocycles. The van der Waals surface area contributed by atoms with Gasteiger partial charge in [-0.25, -0.2) is 0 Å². The van der Waals surface area contributed by atoms with Crippen LogP contribution < -0.4 is 9.80 Å². The third kappa shape index (κ3) is 4.27. The molecule has 0 amide bonds. The first-order valence-corrected chi connectivity index (χ1v) is 15.1. The van der Waals surface area contributed by atoms with Gasteiger partial charge < -0.3 is 9.80 Å². The molecule has 0 atom stereocenters. The van der Waals surface area contributed by atoms with Gasteiger partial charge in [0.2, 0.25) is 0 Å². The molecule has 0 unspecified atom stereocenters. The highest BCUT2D eigenvalue weighted by molar-refractivity contribution is 6.01. The lowest BCUT2D eigenvalue weighted by atomic mass is 9.80. The summed E-state index contributed by atoms with van der Waals surface area (Å²) in [4.78, 5) is 4.98. The van der Waals surface area contributed by atoms with Crippen LogP contribution in [0.1, 0.15) is 11.1 Å². The standard InChI is InChI=1S/C42H31N2/c1-5-18-35(19-6-1)43(36-20-7-2-8-21-36)42(44(37-22-9-3-10-23-37)38-24-11-4-12-25-38)29-15-26-39-40-31-33-17-14-13-16-32(33)30-34(40)27-28-41(39)42/h1-31H. The lowest BCUT2D eigenvalue weighted by Crippen LogP contribution is -2.55.